The summed E-state index contributed by atoms with van der Waals surface area (Å²) in [5, 5.41) is 2.07. The summed E-state index contributed by atoms with van der Waals surface area (Å²) in [5.41, 5.74) is 2.44. The number of hydrogen-bond acceptors (Lipinski definition) is 5. The topological polar surface area (TPSA) is 63.8 Å². The molecule has 1 aliphatic carbocycles. The maximum absolute atomic E-state index is 6.06. The van der Waals surface area contributed by atoms with Crippen LogP contribution in [0.15, 0.2) is 11.2 Å². The monoisotopic (exact) mass is 258 g/mol. The van der Waals surface area contributed by atoms with Crippen molar-refractivity contribution >= 4 is 29.3 Å². The highest BCUT2D eigenvalue weighted by molar-refractivity contribution is 8.00. The van der Waals surface area contributed by atoms with Crippen molar-refractivity contribution in [3.05, 3.63) is 11.2 Å². The molecule has 16 heavy (non-hydrogen) atoms. The predicted octanol–water partition coefficient (Wildman–Crippen LogP) is 2.84. The predicted molar refractivity (Wildman–Crippen MR) is 67.6 cm³/mol. The molecule has 6 heteroatoms. The summed E-state index contributed by atoms with van der Waals surface area (Å²) in [4.78, 5) is 8.23. The van der Waals surface area contributed by atoms with E-state index < -0.39 is 0 Å². The van der Waals surface area contributed by atoms with E-state index in [1.807, 2.05) is 0 Å². The first-order valence-corrected chi connectivity index (χ1v) is 6.71. The van der Waals surface area contributed by atoms with Gasteiger partial charge in [0.25, 0.3) is 0 Å². The molecule has 0 bridgehead atoms. The third-order valence-electron chi connectivity index (χ3n) is 2.67. The molecule has 0 aromatic carbocycles. The minimum Gasteiger partial charge on any atom is -0.292 e. The number of rotatable bonds is 3. The van der Waals surface area contributed by atoms with E-state index in [1.54, 1.807) is 18.0 Å². The molecule has 0 radical (unpaired) electrons. The van der Waals surface area contributed by atoms with Gasteiger partial charge in [0.15, 0.2) is 0 Å². The van der Waals surface area contributed by atoms with E-state index in [-0.39, 0.29) is 0 Å². The Morgan fingerprint density at radius 2 is 2.12 bits per heavy atom. The van der Waals surface area contributed by atoms with Crippen molar-refractivity contribution < 1.29 is 0 Å². The molecule has 1 aromatic rings. The van der Waals surface area contributed by atoms with Crippen LogP contribution in [0.25, 0.3) is 0 Å². The number of halogens is 1. The number of nitrogen functional groups attached to an aromatic ring is 1. The van der Waals surface area contributed by atoms with E-state index in [1.165, 1.54) is 32.1 Å². The smallest absolute Gasteiger partial charge is 0.238 e. The summed E-state index contributed by atoms with van der Waals surface area (Å²) >= 11 is 7.80. The van der Waals surface area contributed by atoms with Crippen molar-refractivity contribution in [1.29, 1.82) is 0 Å². The van der Waals surface area contributed by atoms with Gasteiger partial charge in [0, 0.05) is 5.25 Å². The lowest BCUT2D eigenvalue weighted by Gasteiger charge is -2.20. The highest BCUT2D eigenvalue weighted by Gasteiger charge is 2.17. The molecule has 1 saturated carbocycles. The molecule has 1 aromatic heterocycles. The first-order valence-electron chi connectivity index (χ1n) is 5.45. The van der Waals surface area contributed by atoms with Crippen molar-refractivity contribution in [3.8, 4) is 0 Å². The fourth-order valence-corrected chi connectivity index (χ4v) is 3.26. The van der Waals surface area contributed by atoms with Crippen LogP contribution in [0, 0.1) is 0 Å². The zero-order valence-corrected chi connectivity index (χ0v) is 10.5. The number of anilines is 1. The second-order valence-corrected chi connectivity index (χ2v) is 5.57. The number of hydrazine groups is 1. The maximum Gasteiger partial charge on any atom is 0.238 e. The van der Waals surface area contributed by atoms with Crippen LogP contribution in [0.1, 0.15) is 32.1 Å². The molecule has 1 fully saturated rings. The van der Waals surface area contributed by atoms with Gasteiger partial charge in [0.05, 0.1) is 11.2 Å². The van der Waals surface area contributed by atoms with Crippen LogP contribution in [0.5, 0.6) is 0 Å². The number of thioether (sulfide) groups is 1. The zero-order valence-electron chi connectivity index (χ0n) is 8.95. The molecule has 0 unspecified atom stereocenters. The average Bonchev–Trinajstić information content (AvgIpc) is 2.33. The van der Waals surface area contributed by atoms with E-state index in [9.17, 15) is 0 Å². The largest absolute Gasteiger partial charge is 0.292 e. The highest BCUT2D eigenvalue weighted by atomic mass is 35.5. The lowest BCUT2D eigenvalue weighted by atomic mass is 10.0. The van der Waals surface area contributed by atoms with E-state index in [0.717, 1.165) is 5.03 Å². The second-order valence-electron chi connectivity index (χ2n) is 3.87. The summed E-state index contributed by atoms with van der Waals surface area (Å²) in [7, 11) is 0. The molecule has 88 valence electrons. The van der Waals surface area contributed by atoms with Crippen LogP contribution in [0.4, 0.5) is 5.95 Å². The molecule has 1 heterocycles. The molecule has 0 amide bonds. The maximum atomic E-state index is 6.06. The zero-order chi connectivity index (χ0) is 11.4. The molecule has 1 aliphatic rings. The fraction of sp³-hybridized carbons (Fsp3) is 0.600. The van der Waals surface area contributed by atoms with Gasteiger partial charge in [-0.1, -0.05) is 30.9 Å². The summed E-state index contributed by atoms with van der Waals surface area (Å²) < 4.78 is 0. The highest BCUT2D eigenvalue weighted by Crippen LogP contribution is 2.35. The Morgan fingerprint density at radius 3 is 2.81 bits per heavy atom. The molecule has 3 N–H and O–H groups in total. The molecule has 0 atom stereocenters. The van der Waals surface area contributed by atoms with Crippen LogP contribution in [0.2, 0.25) is 5.02 Å². The van der Waals surface area contributed by atoms with Gasteiger partial charge < -0.3 is 0 Å². The second kappa shape index (κ2) is 5.70. The Hall–Kier alpha value is -0.520. The first kappa shape index (κ1) is 12.0. The van der Waals surface area contributed by atoms with Crippen LogP contribution in [-0.4, -0.2) is 15.2 Å². The van der Waals surface area contributed by atoms with Gasteiger partial charge >= 0.3 is 0 Å². The third kappa shape index (κ3) is 2.99. The molecule has 2 rings (SSSR count). The SMILES string of the molecule is NNc1ncc(Cl)c(SC2CCCCC2)n1. The minimum atomic E-state index is 0.419. The summed E-state index contributed by atoms with van der Waals surface area (Å²) in [6.45, 7) is 0. The molecular formula is C10H15ClN4S. The van der Waals surface area contributed by atoms with E-state index in [2.05, 4.69) is 15.4 Å². The Kier molecular flexibility index (Phi) is 4.26. The van der Waals surface area contributed by atoms with Gasteiger partial charge in [-0.3, -0.25) is 5.43 Å². The quantitative estimate of drug-likeness (QED) is 0.496. The van der Waals surface area contributed by atoms with E-state index in [4.69, 9.17) is 17.4 Å². The average molecular weight is 259 g/mol. The molecular weight excluding hydrogens is 244 g/mol. The Balaban J connectivity index is 2.06. The molecule has 0 aliphatic heterocycles. The number of aromatic nitrogens is 2. The van der Waals surface area contributed by atoms with Gasteiger partial charge in [-0.25, -0.2) is 15.8 Å². The third-order valence-corrected chi connectivity index (χ3v) is 4.40. The van der Waals surface area contributed by atoms with Gasteiger partial charge in [-0.2, -0.15) is 0 Å². The van der Waals surface area contributed by atoms with E-state index >= 15 is 0 Å². The van der Waals surface area contributed by atoms with Crippen LogP contribution < -0.4 is 11.3 Å². The van der Waals surface area contributed by atoms with Crippen LogP contribution in [-0.2, 0) is 0 Å². The van der Waals surface area contributed by atoms with Gasteiger partial charge in [-0.05, 0) is 12.8 Å². The van der Waals surface area contributed by atoms with Crippen molar-refractivity contribution in [1.82, 2.24) is 9.97 Å². The van der Waals surface area contributed by atoms with Crippen molar-refractivity contribution in [3.63, 3.8) is 0 Å². The number of nitrogens with one attached hydrogen (secondary N) is 1. The van der Waals surface area contributed by atoms with Gasteiger partial charge in [0.1, 0.15) is 5.03 Å². The summed E-state index contributed by atoms with van der Waals surface area (Å²) in [6.07, 6.45) is 8.05. The number of hydrogen-bond donors (Lipinski definition) is 2. The Bertz CT molecular complexity index is 355. The first-order chi connectivity index (χ1) is 7.79. The van der Waals surface area contributed by atoms with Gasteiger partial charge in [0.2, 0.25) is 5.95 Å². The van der Waals surface area contributed by atoms with Crippen molar-refractivity contribution in [2.75, 3.05) is 5.43 Å². The van der Waals surface area contributed by atoms with Crippen LogP contribution in [0.3, 0.4) is 0 Å². The molecule has 4 nitrogen and oxygen atoms in total. The Morgan fingerprint density at radius 1 is 1.38 bits per heavy atom. The standard InChI is InChI=1S/C10H15ClN4S/c11-8-6-13-10(15-12)14-9(8)16-7-4-2-1-3-5-7/h6-7H,1-5,12H2,(H,13,14,15). The minimum absolute atomic E-state index is 0.419. The number of nitrogens with zero attached hydrogens (tertiary/aromatic N) is 2. The normalized spacial score (nSPS) is 17.4. The Labute approximate surface area is 104 Å². The fourth-order valence-electron chi connectivity index (χ4n) is 1.84. The lowest BCUT2D eigenvalue weighted by molar-refractivity contribution is 0.515. The number of nitrogens with two attached hydrogens (primary N) is 1. The molecule has 0 saturated heterocycles. The summed E-state index contributed by atoms with van der Waals surface area (Å²) in [6, 6.07) is 0. The van der Waals surface area contributed by atoms with E-state index in [0.29, 0.717) is 16.2 Å². The van der Waals surface area contributed by atoms with Crippen molar-refractivity contribution in [2.24, 2.45) is 5.84 Å². The molecule has 0 spiro atoms. The van der Waals surface area contributed by atoms with Crippen LogP contribution >= 0.6 is 23.4 Å². The summed E-state index contributed by atoms with van der Waals surface area (Å²) in [5.74, 6) is 5.69. The lowest BCUT2D eigenvalue weighted by Crippen LogP contribution is -2.12. The van der Waals surface area contributed by atoms with Gasteiger partial charge in [-0.15, -0.1) is 11.8 Å². The van der Waals surface area contributed by atoms with Crippen molar-refractivity contribution in [2.45, 2.75) is 42.4 Å².